The third-order valence-electron chi connectivity index (χ3n) is 5.89. The van der Waals surface area contributed by atoms with E-state index in [1.54, 1.807) is 13.1 Å². The molecule has 1 atom stereocenters. The molecule has 0 radical (unpaired) electrons. The maximum atomic E-state index is 10.9. The lowest BCUT2D eigenvalue weighted by Gasteiger charge is -2.26. The molecule has 1 aliphatic rings. The van der Waals surface area contributed by atoms with Gasteiger partial charge in [0.25, 0.3) is 0 Å². The van der Waals surface area contributed by atoms with Crippen molar-refractivity contribution in [3.63, 3.8) is 0 Å². The van der Waals surface area contributed by atoms with Crippen LogP contribution in [0.25, 0.3) is 11.3 Å². The van der Waals surface area contributed by atoms with Gasteiger partial charge < -0.3 is 25.2 Å². The van der Waals surface area contributed by atoms with Crippen LogP contribution in [-0.2, 0) is 11.3 Å². The van der Waals surface area contributed by atoms with Crippen LogP contribution in [0, 0.1) is 17.8 Å². The van der Waals surface area contributed by atoms with Gasteiger partial charge in [-0.1, -0.05) is 17.0 Å². The molecular formula is C25H29N5O3. The zero-order valence-corrected chi connectivity index (χ0v) is 18.7. The third kappa shape index (κ3) is 6.09. The van der Waals surface area contributed by atoms with Crippen molar-refractivity contribution >= 4 is 5.91 Å². The molecule has 0 aliphatic heterocycles. The molecule has 0 saturated heterocycles. The summed E-state index contributed by atoms with van der Waals surface area (Å²) in [5.74, 6) is 8.02. The molecule has 4 N–H and O–H groups in total. The summed E-state index contributed by atoms with van der Waals surface area (Å²) in [4.78, 5) is 15.1. The Kier molecular flexibility index (Phi) is 7.23. The number of carbonyl (C=O) groups is 1. The predicted octanol–water partition coefficient (Wildman–Crippen LogP) is 2.62. The van der Waals surface area contributed by atoms with Gasteiger partial charge in [-0.15, -0.1) is 0 Å². The first-order valence-corrected chi connectivity index (χ1v) is 11.3. The first-order valence-electron chi connectivity index (χ1n) is 11.3. The largest absolute Gasteiger partial charge is 0.385 e. The SMILES string of the molecule is C[C@H](O)c1nccn1Cc1cc(-c2ccc(C#CC3CCC(NCC(N)=O)CC3)cc2)on1. The number of aromatic nitrogens is 3. The number of benzene rings is 1. The molecular weight excluding hydrogens is 418 g/mol. The van der Waals surface area contributed by atoms with Gasteiger partial charge >= 0.3 is 0 Å². The summed E-state index contributed by atoms with van der Waals surface area (Å²) in [7, 11) is 0. The maximum Gasteiger partial charge on any atom is 0.231 e. The normalized spacial score (nSPS) is 19.0. The quantitative estimate of drug-likeness (QED) is 0.479. The maximum absolute atomic E-state index is 10.9. The van der Waals surface area contributed by atoms with Crippen LogP contribution < -0.4 is 11.1 Å². The average Bonchev–Trinajstić information content (AvgIpc) is 3.47. The van der Waals surface area contributed by atoms with Crippen LogP contribution in [-0.4, -0.2) is 38.3 Å². The van der Waals surface area contributed by atoms with Crippen LogP contribution in [0.15, 0.2) is 47.2 Å². The molecule has 8 nitrogen and oxygen atoms in total. The van der Waals surface area contributed by atoms with Crippen molar-refractivity contribution in [3.8, 4) is 23.2 Å². The summed E-state index contributed by atoms with van der Waals surface area (Å²) in [6, 6.07) is 10.2. The number of hydrogen-bond donors (Lipinski definition) is 3. The van der Waals surface area contributed by atoms with E-state index in [1.807, 2.05) is 41.1 Å². The van der Waals surface area contributed by atoms with E-state index in [4.69, 9.17) is 10.3 Å². The monoisotopic (exact) mass is 447 g/mol. The number of aliphatic hydroxyl groups excluding tert-OH is 1. The number of hydrogen-bond acceptors (Lipinski definition) is 6. The van der Waals surface area contributed by atoms with E-state index in [0.717, 1.165) is 42.5 Å². The third-order valence-corrected chi connectivity index (χ3v) is 5.89. The fraction of sp³-hybridized carbons (Fsp3) is 0.400. The Balaban J connectivity index is 1.32. The molecule has 0 spiro atoms. The van der Waals surface area contributed by atoms with Gasteiger partial charge in [0.15, 0.2) is 5.76 Å². The molecule has 4 rings (SSSR count). The van der Waals surface area contributed by atoms with Crippen molar-refractivity contribution < 1.29 is 14.4 Å². The minimum atomic E-state index is -0.645. The topological polar surface area (TPSA) is 119 Å². The number of nitrogens with one attached hydrogen (secondary N) is 1. The van der Waals surface area contributed by atoms with E-state index in [2.05, 4.69) is 27.3 Å². The van der Waals surface area contributed by atoms with Crippen molar-refractivity contribution in [1.29, 1.82) is 0 Å². The van der Waals surface area contributed by atoms with Crippen molar-refractivity contribution in [2.24, 2.45) is 11.7 Å². The second-order valence-electron chi connectivity index (χ2n) is 8.51. The van der Waals surface area contributed by atoms with Crippen LogP contribution in [0.3, 0.4) is 0 Å². The van der Waals surface area contributed by atoms with E-state index >= 15 is 0 Å². The average molecular weight is 448 g/mol. The Morgan fingerprint density at radius 3 is 2.76 bits per heavy atom. The minimum Gasteiger partial charge on any atom is -0.385 e. The van der Waals surface area contributed by atoms with Gasteiger partial charge in [0.1, 0.15) is 17.6 Å². The molecule has 172 valence electrons. The standard InChI is InChI=1S/C25H29N5O3/c1-17(31)25-27-12-13-30(25)16-22-14-23(33-29-22)20-8-4-18(5-9-20)2-3-19-6-10-21(11-7-19)28-15-24(26)32/h4-5,8-9,12-14,17,19,21,28,31H,6-7,10-11,15-16H2,1H3,(H2,26,32)/t17-,19?,21?/m0/s1. The first-order chi connectivity index (χ1) is 16.0. The zero-order valence-electron chi connectivity index (χ0n) is 18.7. The molecule has 1 saturated carbocycles. The van der Waals surface area contributed by atoms with E-state index < -0.39 is 6.10 Å². The lowest BCUT2D eigenvalue weighted by molar-refractivity contribution is -0.117. The molecule has 1 aromatic carbocycles. The van der Waals surface area contributed by atoms with Gasteiger partial charge in [0.2, 0.25) is 5.91 Å². The Hall–Kier alpha value is -3.41. The summed E-state index contributed by atoms with van der Waals surface area (Å²) < 4.78 is 7.38. The van der Waals surface area contributed by atoms with Gasteiger partial charge in [0, 0.05) is 41.5 Å². The highest BCUT2D eigenvalue weighted by Crippen LogP contribution is 2.24. The summed E-state index contributed by atoms with van der Waals surface area (Å²) in [5, 5.41) is 17.2. The molecule has 0 bridgehead atoms. The minimum absolute atomic E-state index is 0.243. The number of amides is 1. The van der Waals surface area contributed by atoms with Gasteiger partial charge in [-0.3, -0.25) is 4.79 Å². The number of carbonyl (C=O) groups excluding carboxylic acids is 1. The predicted molar refractivity (Wildman–Crippen MR) is 124 cm³/mol. The number of aliphatic hydroxyl groups is 1. The summed E-state index contributed by atoms with van der Waals surface area (Å²) in [5.41, 5.74) is 7.85. The molecule has 8 heteroatoms. The second kappa shape index (κ2) is 10.5. The second-order valence-corrected chi connectivity index (χ2v) is 8.51. The molecule has 0 unspecified atom stereocenters. The van der Waals surface area contributed by atoms with Crippen LogP contribution in [0.1, 0.15) is 55.8 Å². The van der Waals surface area contributed by atoms with Crippen LogP contribution in [0.4, 0.5) is 0 Å². The van der Waals surface area contributed by atoms with E-state index in [-0.39, 0.29) is 12.5 Å². The Bertz CT molecular complexity index is 1130. The zero-order chi connectivity index (χ0) is 23.2. The van der Waals surface area contributed by atoms with Crippen molar-refractivity contribution in [2.75, 3.05) is 6.54 Å². The molecule has 1 fully saturated rings. The van der Waals surface area contributed by atoms with Crippen molar-refractivity contribution in [2.45, 2.75) is 51.3 Å². The van der Waals surface area contributed by atoms with Crippen LogP contribution >= 0.6 is 0 Å². The first kappa shape index (κ1) is 22.8. The highest BCUT2D eigenvalue weighted by atomic mass is 16.5. The molecule has 2 heterocycles. The molecule has 1 aliphatic carbocycles. The lowest BCUT2D eigenvalue weighted by atomic mass is 9.86. The lowest BCUT2D eigenvalue weighted by Crippen LogP contribution is -2.38. The number of nitrogens with two attached hydrogens (primary N) is 1. The number of rotatable bonds is 7. The highest BCUT2D eigenvalue weighted by molar-refractivity contribution is 5.75. The fourth-order valence-corrected chi connectivity index (χ4v) is 4.11. The molecule has 3 aromatic rings. The Labute approximate surface area is 193 Å². The van der Waals surface area contributed by atoms with Crippen LogP contribution in [0.5, 0.6) is 0 Å². The smallest absolute Gasteiger partial charge is 0.231 e. The number of imidazole rings is 1. The van der Waals surface area contributed by atoms with E-state index in [9.17, 15) is 9.90 Å². The Morgan fingerprint density at radius 2 is 2.06 bits per heavy atom. The fourth-order valence-electron chi connectivity index (χ4n) is 4.11. The van der Waals surface area contributed by atoms with E-state index in [1.165, 1.54) is 0 Å². The molecule has 1 amide bonds. The van der Waals surface area contributed by atoms with Gasteiger partial charge in [-0.25, -0.2) is 4.98 Å². The van der Waals surface area contributed by atoms with Crippen LogP contribution in [0.2, 0.25) is 0 Å². The summed E-state index contributed by atoms with van der Waals surface area (Å²) >= 11 is 0. The van der Waals surface area contributed by atoms with Crippen molar-refractivity contribution in [1.82, 2.24) is 20.0 Å². The number of nitrogens with zero attached hydrogens (tertiary/aromatic N) is 3. The summed E-state index contributed by atoms with van der Waals surface area (Å²) in [6.07, 6.45) is 6.90. The van der Waals surface area contributed by atoms with Crippen molar-refractivity contribution in [3.05, 3.63) is 59.8 Å². The van der Waals surface area contributed by atoms with E-state index in [0.29, 0.717) is 30.1 Å². The molecule has 33 heavy (non-hydrogen) atoms. The Morgan fingerprint density at radius 1 is 1.30 bits per heavy atom. The van der Waals surface area contributed by atoms with Gasteiger partial charge in [-0.05, 0) is 56.9 Å². The molecule has 2 aromatic heterocycles. The highest BCUT2D eigenvalue weighted by Gasteiger charge is 2.19. The number of primary amides is 1. The van der Waals surface area contributed by atoms with Gasteiger partial charge in [0.05, 0.1) is 13.1 Å². The van der Waals surface area contributed by atoms with Gasteiger partial charge in [-0.2, -0.15) is 0 Å². The summed E-state index contributed by atoms with van der Waals surface area (Å²) in [6.45, 7) is 2.41.